The summed E-state index contributed by atoms with van der Waals surface area (Å²) in [6.07, 6.45) is 4.54. The predicted molar refractivity (Wildman–Crippen MR) is 84.4 cm³/mol. The van der Waals surface area contributed by atoms with Crippen LogP contribution in [0.2, 0.25) is 0 Å². The molecule has 0 atom stereocenters. The van der Waals surface area contributed by atoms with Gasteiger partial charge in [0.05, 0.1) is 7.11 Å². The Hall–Kier alpha value is -1.94. The second kappa shape index (κ2) is 7.74. The maximum atomic E-state index is 5.15. The van der Waals surface area contributed by atoms with Crippen molar-refractivity contribution in [1.29, 1.82) is 0 Å². The van der Waals surface area contributed by atoms with Gasteiger partial charge in [0.1, 0.15) is 11.6 Å². The Morgan fingerprint density at radius 2 is 1.71 bits per heavy atom. The molecule has 21 heavy (non-hydrogen) atoms. The zero-order chi connectivity index (χ0) is 15.1. The fraction of sp³-hybridized carbons (Fsp3) is 0.412. The number of hydrogen-bond acceptors (Lipinski definition) is 4. The highest BCUT2D eigenvalue weighted by molar-refractivity contribution is 5.28. The Morgan fingerprint density at radius 1 is 1.05 bits per heavy atom. The summed E-state index contributed by atoms with van der Waals surface area (Å²) in [4.78, 5) is 8.86. The van der Waals surface area contributed by atoms with Crippen LogP contribution in [0.1, 0.15) is 30.8 Å². The molecule has 0 radical (unpaired) electrons. The Kier molecular flexibility index (Phi) is 5.69. The first-order valence-electron chi connectivity index (χ1n) is 7.31. The highest BCUT2D eigenvalue weighted by atomic mass is 16.5. The van der Waals surface area contributed by atoms with E-state index in [2.05, 4.69) is 29.1 Å². The topological polar surface area (TPSA) is 47.0 Å². The molecular weight excluding hydrogens is 262 g/mol. The Bertz CT molecular complexity index is 535. The van der Waals surface area contributed by atoms with Crippen molar-refractivity contribution in [3.05, 3.63) is 53.6 Å². The molecule has 2 aromatic rings. The van der Waals surface area contributed by atoms with Crippen LogP contribution in [0.15, 0.2) is 36.7 Å². The van der Waals surface area contributed by atoms with Crippen LogP contribution < -0.4 is 10.1 Å². The molecule has 1 N–H and O–H groups in total. The van der Waals surface area contributed by atoms with Crippen LogP contribution in [0.3, 0.4) is 0 Å². The molecule has 1 heterocycles. The Labute approximate surface area is 126 Å². The fourth-order valence-corrected chi connectivity index (χ4v) is 2.00. The van der Waals surface area contributed by atoms with Gasteiger partial charge in [0, 0.05) is 30.9 Å². The lowest BCUT2D eigenvalue weighted by atomic mass is 10.1. The number of ether oxygens (including phenoxy) is 1. The summed E-state index contributed by atoms with van der Waals surface area (Å²) < 4.78 is 5.15. The summed E-state index contributed by atoms with van der Waals surface area (Å²) in [7, 11) is 1.67. The van der Waals surface area contributed by atoms with Gasteiger partial charge in [0.2, 0.25) is 0 Å². The first-order chi connectivity index (χ1) is 10.2. The van der Waals surface area contributed by atoms with Crippen molar-refractivity contribution in [2.75, 3.05) is 13.7 Å². The number of benzene rings is 1. The minimum atomic E-state index is 0.653. The number of hydrogen-bond donors (Lipinski definition) is 1. The molecule has 0 aliphatic carbocycles. The van der Waals surface area contributed by atoms with Gasteiger partial charge in [-0.25, -0.2) is 9.97 Å². The second-order valence-corrected chi connectivity index (χ2v) is 5.56. The number of rotatable bonds is 7. The van der Waals surface area contributed by atoms with E-state index in [1.807, 2.05) is 36.7 Å². The lowest BCUT2D eigenvalue weighted by molar-refractivity contribution is 0.414. The Morgan fingerprint density at radius 3 is 2.29 bits per heavy atom. The minimum absolute atomic E-state index is 0.653. The first-order valence-corrected chi connectivity index (χ1v) is 7.31. The summed E-state index contributed by atoms with van der Waals surface area (Å²) in [5.41, 5.74) is 2.30. The molecule has 1 aromatic carbocycles. The van der Waals surface area contributed by atoms with Gasteiger partial charge in [-0.3, -0.25) is 0 Å². The molecule has 112 valence electrons. The molecule has 0 spiro atoms. The molecule has 4 heteroatoms. The standard InChI is InChI=1S/C17H23N3O/c1-13(2)9-18-10-15-11-19-17(20-12-15)8-14-4-6-16(21-3)7-5-14/h4-7,11-13,18H,8-10H2,1-3H3. The van der Waals surface area contributed by atoms with Crippen LogP contribution in [-0.4, -0.2) is 23.6 Å². The average molecular weight is 285 g/mol. The lowest BCUT2D eigenvalue weighted by Crippen LogP contribution is -2.19. The normalized spacial score (nSPS) is 10.9. The van der Waals surface area contributed by atoms with Crippen molar-refractivity contribution in [2.45, 2.75) is 26.8 Å². The molecule has 4 nitrogen and oxygen atoms in total. The number of aromatic nitrogens is 2. The van der Waals surface area contributed by atoms with E-state index in [9.17, 15) is 0 Å². The summed E-state index contributed by atoms with van der Waals surface area (Å²) >= 11 is 0. The molecular formula is C17H23N3O. The van der Waals surface area contributed by atoms with Crippen LogP contribution in [0.5, 0.6) is 5.75 Å². The van der Waals surface area contributed by atoms with E-state index in [4.69, 9.17) is 4.74 Å². The van der Waals surface area contributed by atoms with Crippen molar-refractivity contribution >= 4 is 0 Å². The summed E-state index contributed by atoms with van der Waals surface area (Å²) in [5.74, 6) is 2.36. The largest absolute Gasteiger partial charge is 0.497 e. The molecule has 0 bridgehead atoms. The maximum absolute atomic E-state index is 5.15. The molecule has 0 aliphatic rings. The van der Waals surface area contributed by atoms with Crippen molar-refractivity contribution < 1.29 is 4.74 Å². The van der Waals surface area contributed by atoms with E-state index >= 15 is 0 Å². The van der Waals surface area contributed by atoms with Crippen LogP contribution in [0, 0.1) is 5.92 Å². The lowest BCUT2D eigenvalue weighted by Gasteiger charge is -2.07. The van der Waals surface area contributed by atoms with Crippen LogP contribution in [0.25, 0.3) is 0 Å². The number of methoxy groups -OCH3 is 1. The van der Waals surface area contributed by atoms with E-state index < -0.39 is 0 Å². The highest BCUT2D eigenvalue weighted by Gasteiger charge is 2.01. The molecule has 2 rings (SSSR count). The third-order valence-electron chi connectivity index (χ3n) is 3.16. The summed E-state index contributed by atoms with van der Waals surface area (Å²) in [5, 5.41) is 3.39. The predicted octanol–water partition coefficient (Wildman–Crippen LogP) is 2.82. The number of nitrogens with zero attached hydrogens (tertiary/aromatic N) is 2. The van der Waals surface area contributed by atoms with E-state index in [1.54, 1.807) is 7.11 Å². The third-order valence-corrected chi connectivity index (χ3v) is 3.16. The summed E-state index contributed by atoms with van der Waals surface area (Å²) in [6.45, 7) is 6.22. The van der Waals surface area contributed by atoms with E-state index in [-0.39, 0.29) is 0 Å². The molecule has 0 aliphatic heterocycles. The fourth-order valence-electron chi connectivity index (χ4n) is 2.00. The number of nitrogens with one attached hydrogen (secondary N) is 1. The molecule has 1 aromatic heterocycles. The quantitative estimate of drug-likeness (QED) is 0.850. The van der Waals surface area contributed by atoms with Crippen LogP contribution in [0.4, 0.5) is 0 Å². The van der Waals surface area contributed by atoms with Crippen molar-refractivity contribution in [3.63, 3.8) is 0 Å². The van der Waals surface area contributed by atoms with Gasteiger partial charge in [-0.05, 0) is 30.2 Å². The second-order valence-electron chi connectivity index (χ2n) is 5.56. The average Bonchev–Trinajstić information content (AvgIpc) is 2.49. The van der Waals surface area contributed by atoms with E-state index in [1.165, 1.54) is 5.56 Å². The van der Waals surface area contributed by atoms with Gasteiger partial charge in [0.25, 0.3) is 0 Å². The van der Waals surface area contributed by atoms with Gasteiger partial charge in [-0.1, -0.05) is 26.0 Å². The van der Waals surface area contributed by atoms with E-state index in [0.717, 1.165) is 36.6 Å². The molecule has 0 saturated heterocycles. The van der Waals surface area contributed by atoms with Crippen molar-refractivity contribution in [3.8, 4) is 5.75 Å². The van der Waals surface area contributed by atoms with Gasteiger partial charge in [-0.15, -0.1) is 0 Å². The van der Waals surface area contributed by atoms with Crippen molar-refractivity contribution in [1.82, 2.24) is 15.3 Å². The van der Waals surface area contributed by atoms with E-state index in [0.29, 0.717) is 5.92 Å². The highest BCUT2D eigenvalue weighted by Crippen LogP contribution is 2.13. The third kappa shape index (κ3) is 5.16. The van der Waals surface area contributed by atoms with Gasteiger partial charge < -0.3 is 10.1 Å². The van der Waals surface area contributed by atoms with Crippen LogP contribution >= 0.6 is 0 Å². The summed E-state index contributed by atoms with van der Waals surface area (Å²) in [6, 6.07) is 8.00. The van der Waals surface area contributed by atoms with Gasteiger partial charge >= 0.3 is 0 Å². The molecule has 0 saturated carbocycles. The zero-order valence-corrected chi connectivity index (χ0v) is 13.0. The maximum Gasteiger partial charge on any atom is 0.132 e. The molecule has 0 amide bonds. The monoisotopic (exact) mass is 285 g/mol. The van der Waals surface area contributed by atoms with Crippen LogP contribution in [-0.2, 0) is 13.0 Å². The minimum Gasteiger partial charge on any atom is -0.497 e. The molecule has 0 unspecified atom stereocenters. The Balaban J connectivity index is 1.89. The van der Waals surface area contributed by atoms with Crippen molar-refractivity contribution in [2.24, 2.45) is 5.92 Å². The zero-order valence-electron chi connectivity index (χ0n) is 13.0. The molecule has 0 fully saturated rings. The SMILES string of the molecule is COc1ccc(Cc2ncc(CNCC(C)C)cn2)cc1. The smallest absolute Gasteiger partial charge is 0.132 e. The first kappa shape index (κ1) is 15.4. The van der Waals surface area contributed by atoms with Gasteiger partial charge in [0.15, 0.2) is 0 Å². The van der Waals surface area contributed by atoms with Gasteiger partial charge in [-0.2, -0.15) is 0 Å².